The molecule has 2 unspecified atom stereocenters. The molecule has 1 aliphatic rings. The first kappa shape index (κ1) is 12.4. The highest BCUT2D eigenvalue weighted by Gasteiger charge is 2.22. The molecule has 1 aliphatic carbocycles. The molecule has 1 aromatic carbocycles. The number of aliphatic hydroxyl groups excluding tert-OH is 1. The number of phenolic OH excluding ortho intramolecular Hbond substituents is 1. The first-order valence-corrected chi connectivity index (χ1v) is 6.37. The van der Waals surface area contributed by atoms with Crippen molar-refractivity contribution in [1.29, 1.82) is 0 Å². The molecule has 17 heavy (non-hydrogen) atoms. The summed E-state index contributed by atoms with van der Waals surface area (Å²) in [6.45, 7) is 2.52. The number of rotatable bonds is 3. The van der Waals surface area contributed by atoms with Gasteiger partial charge in [0.2, 0.25) is 0 Å². The molecule has 0 aliphatic heterocycles. The van der Waals surface area contributed by atoms with Crippen molar-refractivity contribution in [3.8, 4) is 5.75 Å². The predicted octanol–water partition coefficient (Wildman–Crippen LogP) is 2.09. The molecule has 0 radical (unpaired) electrons. The van der Waals surface area contributed by atoms with Gasteiger partial charge in [0.15, 0.2) is 0 Å². The SMILES string of the molecule is Cc1cccc(CNC2CCCCC2O)c1O. The van der Waals surface area contributed by atoms with Crippen LogP contribution in [0.4, 0.5) is 0 Å². The van der Waals surface area contributed by atoms with Crippen LogP contribution in [-0.4, -0.2) is 22.4 Å². The van der Waals surface area contributed by atoms with Crippen molar-refractivity contribution in [2.24, 2.45) is 0 Å². The lowest BCUT2D eigenvalue weighted by Gasteiger charge is -2.28. The number of benzene rings is 1. The van der Waals surface area contributed by atoms with E-state index in [4.69, 9.17) is 0 Å². The summed E-state index contributed by atoms with van der Waals surface area (Å²) in [6.07, 6.45) is 3.96. The maximum absolute atomic E-state index is 9.89. The van der Waals surface area contributed by atoms with Gasteiger partial charge >= 0.3 is 0 Å². The molecule has 0 saturated heterocycles. The van der Waals surface area contributed by atoms with E-state index >= 15 is 0 Å². The first-order valence-electron chi connectivity index (χ1n) is 6.37. The van der Waals surface area contributed by atoms with Crippen LogP contribution >= 0.6 is 0 Å². The number of para-hydroxylation sites is 1. The molecule has 3 nitrogen and oxygen atoms in total. The maximum Gasteiger partial charge on any atom is 0.122 e. The molecule has 0 spiro atoms. The zero-order valence-corrected chi connectivity index (χ0v) is 10.3. The third kappa shape index (κ3) is 2.99. The molecule has 3 N–H and O–H groups in total. The molecule has 0 amide bonds. The summed E-state index contributed by atoms with van der Waals surface area (Å²) in [4.78, 5) is 0. The van der Waals surface area contributed by atoms with Crippen molar-refractivity contribution >= 4 is 0 Å². The van der Waals surface area contributed by atoms with Crippen LogP contribution in [0.1, 0.15) is 36.8 Å². The van der Waals surface area contributed by atoms with Crippen molar-refractivity contribution in [3.05, 3.63) is 29.3 Å². The molecule has 1 fully saturated rings. The zero-order valence-electron chi connectivity index (χ0n) is 10.3. The van der Waals surface area contributed by atoms with Crippen molar-refractivity contribution in [2.75, 3.05) is 0 Å². The van der Waals surface area contributed by atoms with E-state index in [1.807, 2.05) is 25.1 Å². The Morgan fingerprint density at radius 3 is 2.82 bits per heavy atom. The van der Waals surface area contributed by atoms with Gasteiger partial charge in [-0.05, 0) is 25.3 Å². The van der Waals surface area contributed by atoms with Crippen LogP contribution in [0.2, 0.25) is 0 Å². The van der Waals surface area contributed by atoms with E-state index in [1.54, 1.807) is 0 Å². The smallest absolute Gasteiger partial charge is 0.122 e. The minimum absolute atomic E-state index is 0.170. The Bertz CT molecular complexity index is 378. The van der Waals surface area contributed by atoms with Crippen molar-refractivity contribution in [2.45, 2.75) is 51.3 Å². The molecular formula is C14H21NO2. The zero-order chi connectivity index (χ0) is 12.3. The van der Waals surface area contributed by atoms with Crippen LogP contribution in [0, 0.1) is 6.92 Å². The Morgan fingerprint density at radius 1 is 1.29 bits per heavy atom. The van der Waals surface area contributed by atoms with Crippen LogP contribution in [0.15, 0.2) is 18.2 Å². The van der Waals surface area contributed by atoms with Gasteiger partial charge in [-0.25, -0.2) is 0 Å². The van der Waals surface area contributed by atoms with E-state index in [2.05, 4.69) is 5.32 Å². The van der Waals surface area contributed by atoms with E-state index in [1.165, 1.54) is 6.42 Å². The third-order valence-electron chi connectivity index (χ3n) is 3.61. The lowest BCUT2D eigenvalue weighted by atomic mass is 9.92. The summed E-state index contributed by atoms with van der Waals surface area (Å²) < 4.78 is 0. The van der Waals surface area contributed by atoms with E-state index in [9.17, 15) is 10.2 Å². The summed E-state index contributed by atoms with van der Waals surface area (Å²) in [5.74, 6) is 0.366. The molecule has 2 atom stereocenters. The lowest BCUT2D eigenvalue weighted by Crippen LogP contribution is -2.41. The Hall–Kier alpha value is -1.06. The van der Waals surface area contributed by atoms with Crippen LogP contribution in [0.25, 0.3) is 0 Å². The first-order chi connectivity index (χ1) is 8.18. The van der Waals surface area contributed by atoms with E-state index < -0.39 is 0 Å². The standard InChI is InChI=1S/C14H21NO2/c1-10-5-4-6-11(14(10)17)9-15-12-7-2-3-8-13(12)16/h4-6,12-13,15-17H,2-3,7-9H2,1H3. The van der Waals surface area contributed by atoms with Crippen molar-refractivity contribution in [3.63, 3.8) is 0 Å². The largest absolute Gasteiger partial charge is 0.507 e. The summed E-state index contributed by atoms with van der Waals surface area (Å²) in [6, 6.07) is 5.94. The molecule has 1 saturated carbocycles. The summed E-state index contributed by atoms with van der Waals surface area (Å²) in [5.41, 5.74) is 1.80. The summed E-state index contributed by atoms with van der Waals surface area (Å²) in [5, 5.41) is 23.1. The van der Waals surface area contributed by atoms with E-state index in [0.717, 1.165) is 30.4 Å². The molecule has 0 heterocycles. The van der Waals surface area contributed by atoms with Gasteiger partial charge in [-0.15, -0.1) is 0 Å². The number of nitrogens with one attached hydrogen (secondary N) is 1. The minimum Gasteiger partial charge on any atom is -0.507 e. The number of hydrogen-bond donors (Lipinski definition) is 3. The molecule has 0 bridgehead atoms. The van der Waals surface area contributed by atoms with Gasteiger partial charge < -0.3 is 15.5 Å². The Labute approximate surface area is 102 Å². The monoisotopic (exact) mass is 235 g/mol. The lowest BCUT2D eigenvalue weighted by molar-refractivity contribution is 0.0901. The number of phenols is 1. The average Bonchev–Trinajstić information content (AvgIpc) is 2.33. The van der Waals surface area contributed by atoms with Gasteiger partial charge in [-0.2, -0.15) is 0 Å². The van der Waals surface area contributed by atoms with Crippen LogP contribution in [0.5, 0.6) is 5.75 Å². The fraction of sp³-hybridized carbons (Fsp3) is 0.571. The second-order valence-corrected chi connectivity index (χ2v) is 4.92. The van der Waals surface area contributed by atoms with Crippen molar-refractivity contribution < 1.29 is 10.2 Å². The highest BCUT2D eigenvalue weighted by molar-refractivity contribution is 5.39. The number of aryl methyl sites for hydroxylation is 1. The Morgan fingerprint density at radius 2 is 2.06 bits per heavy atom. The highest BCUT2D eigenvalue weighted by Crippen LogP contribution is 2.23. The summed E-state index contributed by atoms with van der Waals surface area (Å²) >= 11 is 0. The van der Waals surface area contributed by atoms with Crippen LogP contribution in [0.3, 0.4) is 0 Å². The van der Waals surface area contributed by atoms with Crippen molar-refractivity contribution in [1.82, 2.24) is 5.32 Å². The van der Waals surface area contributed by atoms with Gasteiger partial charge in [0.05, 0.1) is 6.10 Å². The fourth-order valence-electron chi connectivity index (χ4n) is 2.45. The maximum atomic E-state index is 9.89. The highest BCUT2D eigenvalue weighted by atomic mass is 16.3. The fourth-order valence-corrected chi connectivity index (χ4v) is 2.45. The molecule has 94 valence electrons. The second kappa shape index (κ2) is 5.52. The Balaban J connectivity index is 1.95. The van der Waals surface area contributed by atoms with Gasteiger partial charge in [0.1, 0.15) is 5.75 Å². The number of aromatic hydroxyl groups is 1. The minimum atomic E-state index is -0.240. The van der Waals surface area contributed by atoms with Gasteiger partial charge in [0.25, 0.3) is 0 Å². The average molecular weight is 235 g/mol. The summed E-state index contributed by atoms with van der Waals surface area (Å²) in [7, 11) is 0. The number of aliphatic hydroxyl groups is 1. The number of hydrogen-bond acceptors (Lipinski definition) is 3. The molecule has 2 rings (SSSR count). The quantitative estimate of drug-likeness (QED) is 0.752. The molecule has 1 aromatic rings. The second-order valence-electron chi connectivity index (χ2n) is 4.92. The van der Waals surface area contributed by atoms with E-state index in [0.29, 0.717) is 12.3 Å². The van der Waals surface area contributed by atoms with Gasteiger partial charge in [0, 0.05) is 18.2 Å². The van der Waals surface area contributed by atoms with Crippen LogP contribution < -0.4 is 5.32 Å². The molecular weight excluding hydrogens is 214 g/mol. The predicted molar refractivity (Wildman–Crippen MR) is 67.9 cm³/mol. The van der Waals surface area contributed by atoms with Gasteiger partial charge in [-0.1, -0.05) is 31.0 Å². The Kier molecular flexibility index (Phi) is 4.02. The third-order valence-corrected chi connectivity index (χ3v) is 3.61. The van der Waals surface area contributed by atoms with Crippen LogP contribution in [-0.2, 0) is 6.54 Å². The van der Waals surface area contributed by atoms with E-state index in [-0.39, 0.29) is 12.1 Å². The van der Waals surface area contributed by atoms with Gasteiger partial charge in [-0.3, -0.25) is 0 Å². The normalized spacial score (nSPS) is 24.8. The topological polar surface area (TPSA) is 52.5 Å². The molecule has 3 heteroatoms. The molecule has 0 aromatic heterocycles.